The Morgan fingerprint density at radius 2 is 1.91 bits per heavy atom. The van der Waals surface area contributed by atoms with Gasteiger partial charge in [-0.15, -0.1) is 0 Å². The smallest absolute Gasteiger partial charge is 0.235 e. The second-order valence-corrected chi connectivity index (χ2v) is 2.08. The summed E-state index contributed by atoms with van der Waals surface area (Å²) in [5.41, 5.74) is 5.19. The molecule has 0 fully saturated rings. The van der Waals surface area contributed by atoms with Crippen LogP contribution in [0.2, 0.25) is 0 Å². The molecule has 0 saturated carbocycles. The second-order valence-electron chi connectivity index (χ2n) is 2.08. The number of hydrogen-bond donors (Lipinski definition) is 3. The normalized spacial score (nSPS) is 9.27. The van der Waals surface area contributed by atoms with Crippen molar-refractivity contribution in [2.75, 3.05) is 20.1 Å². The Morgan fingerprint density at radius 3 is 2.36 bits per heavy atom. The fraction of sp³-hybridized carbons (Fsp3) is 0.667. The Hall–Kier alpha value is -0.940. The van der Waals surface area contributed by atoms with Crippen molar-refractivity contribution < 1.29 is 9.59 Å². The van der Waals surface area contributed by atoms with E-state index in [0.29, 0.717) is 0 Å². The number of Topliss-reactive ketones (excluding diaryl/α,β-unsaturated/α-hetero) is 1. The average molecular weight is 159 g/mol. The predicted molar refractivity (Wildman–Crippen MR) is 40.8 cm³/mol. The molecule has 0 spiro atoms. The number of nitrogens with one attached hydrogen (secondary N) is 3. The number of hydrogen-bond acceptors (Lipinski definition) is 4. The van der Waals surface area contributed by atoms with E-state index in [0.717, 1.165) is 0 Å². The molecule has 11 heavy (non-hydrogen) atoms. The predicted octanol–water partition coefficient (Wildman–Crippen LogP) is -1.58. The lowest BCUT2D eigenvalue weighted by atomic mass is 10.4. The molecule has 0 bridgehead atoms. The third-order valence-electron chi connectivity index (χ3n) is 0.960. The fourth-order valence-electron chi connectivity index (χ4n) is 0.454. The van der Waals surface area contributed by atoms with Crippen molar-refractivity contribution >= 4 is 11.7 Å². The van der Waals surface area contributed by atoms with E-state index < -0.39 is 0 Å². The Kier molecular flexibility index (Phi) is 5.32. The molecule has 0 aromatic carbocycles. The summed E-state index contributed by atoms with van der Waals surface area (Å²) in [6.07, 6.45) is 0. The summed E-state index contributed by atoms with van der Waals surface area (Å²) in [5, 5.41) is 2.43. The van der Waals surface area contributed by atoms with Gasteiger partial charge in [-0.3, -0.25) is 15.0 Å². The summed E-state index contributed by atoms with van der Waals surface area (Å²) in [6.45, 7) is 1.69. The van der Waals surface area contributed by atoms with Gasteiger partial charge in [0.25, 0.3) is 0 Å². The number of carbonyl (C=O) groups is 2. The van der Waals surface area contributed by atoms with E-state index in [9.17, 15) is 9.59 Å². The van der Waals surface area contributed by atoms with Crippen LogP contribution >= 0.6 is 0 Å². The topological polar surface area (TPSA) is 70.2 Å². The van der Waals surface area contributed by atoms with Gasteiger partial charge in [-0.2, -0.15) is 0 Å². The zero-order chi connectivity index (χ0) is 8.69. The van der Waals surface area contributed by atoms with E-state index in [1.54, 1.807) is 7.05 Å². The Labute approximate surface area is 65.5 Å². The first kappa shape index (κ1) is 10.1. The maximum Gasteiger partial charge on any atom is 0.235 e. The minimum absolute atomic E-state index is 0.0530. The van der Waals surface area contributed by atoms with Crippen molar-refractivity contribution in [3.8, 4) is 0 Å². The van der Waals surface area contributed by atoms with Crippen molar-refractivity contribution in [1.82, 2.24) is 16.2 Å². The third kappa shape index (κ3) is 6.95. The molecule has 5 heteroatoms. The SMILES string of the molecule is CNNCC(=O)NCC(C)=O. The van der Waals surface area contributed by atoms with Crippen LogP contribution in [0.15, 0.2) is 0 Å². The van der Waals surface area contributed by atoms with E-state index in [1.807, 2.05) is 0 Å². The zero-order valence-corrected chi connectivity index (χ0v) is 6.73. The standard InChI is InChI=1S/C6H13N3O2/c1-5(10)3-8-6(11)4-9-7-2/h7,9H,3-4H2,1-2H3,(H,8,11). The summed E-state index contributed by atoms with van der Waals surface area (Å²) in [7, 11) is 1.66. The van der Waals surface area contributed by atoms with Crippen LogP contribution in [-0.2, 0) is 9.59 Å². The highest BCUT2D eigenvalue weighted by atomic mass is 16.2. The van der Waals surface area contributed by atoms with Gasteiger partial charge >= 0.3 is 0 Å². The van der Waals surface area contributed by atoms with Gasteiger partial charge < -0.3 is 5.32 Å². The highest BCUT2D eigenvalue weighted by Crippen LogP contribution is 1.65. The lowest BCUT2D eigenvalue weighted by molar-refractivity contribution is -0.123. The highest BCUT2D eigenvalue weighted by molar-refractivity contribution is 5.85. The van der Waals surface area contributed by atoms with Gasteiger partial charge in [0.1, 0.15) is 5.78 Å². The van der Waals surface area contributed by atoms with Crippen molar-refractivity contribution in [3.63, 3.8) is 0 Å². The maximum atomic E-state index is 10.7. The van der Waals surface area contributed by atoms with Gasteiger partial charge in [0.15, 0.2) is 0 Å². The van der Waals surface area contributed by atoms with E-state index in [1.165, 1.54) is 6.92 Å². The summed E-state index contributed by atoms with van der Waals surface area (Å²) >= 11 is 0. The first-order chi connectivity index (χ1) is 5.16. The number of rotatable bonds is 5. The molecular formula is C6H13N3O2. The molecule has 0 heterocycles. The van der Waals surface area contributed by atoms with E-state index >= 15 is 0 Å². The monoisotopic (exact) mass is 159 g/mol. The second kappa shape index (κ2) is 5.82. The number of carbonyl (C=O) groups excluding carboxylic acids is 2. The van der Waals surface area contributed by atoms with Gasteiger partial charge in [0, 0.05) is 0 Å². The Morgan fingerprint density at radius 1 is 1.27 bits per heavy atom. The molecule has 0 rings (SSSR count). The lowest BCUT2D eigenvalue weighted by Crippen LogP contribution is -2.40. The molecule has 64 valence electrons. The third-order valence-corrected chi connectivity index (χ3v) is 0.960. The van der Waals surface area contributed by atoms with E-state index in [4.69, 9.17) is 0 Å². The maximum absolute atomic E-state index is 10.7. The van der Waals surface area contributed by atoms with Gasteiger partial charge in [-0.1, -0.05) is 0 Å². The van der Waals surface area contributed by atoms with E-state index in [2.05, 4.69) is 16.2 Å². The van der Waals surface area contributed by atoms with Crippen LogP contribution in [-0.4, -0.2) is 31.8 Å². The van der Waals surface area contributed by atoms with Crippen LogP contribution in [0, 0.1) is 0 Å². The molecule has 0 radical (unpaired) electrons. The number of ketones is 1. The molecule has 3 N–H and O–H groups in total. The van der Waals surface area contributed by atoms with Crippen molar-refractivity contribution in [3.05, 3.63) is 0 Å². The van der Waals surface area contributed by atoms with Crippen molar-refractivity contribution in [2.24, 2.45) is 0 Å². The summed E-state index contributed by atoms with van der Waals surface area (Å²) in [4.78, 5) is 21.1. The molecule has 5 nitrogen and oxygen atoms in total. The number of hydrazine groups is 1. The molecule has 0 aliphatic rings. The van der Waals surface area contributed by atoms with Crippen LogP contribution in [0.4, 0.5) is 0 Å². The molecular weight excluding hydrogens is 146 g/mol. The van der Waals surface area contributed by atoms with Crippen LogP contribution in [0.3, 0.4) is 0 Å². The quantitative estimate of drug-likeness (QED) is 0.423. The number of amides is 1. The van der Waals surface area contributed by atoms with Crippen LogP contribution in [0.25, 0.3) is 0 Å². The van der Waals surface area contributed by atoms with Crippen molar-refractivity contribution in [1.29, 1.82) is 0 Å². The molecule has 0 aliphatic carbocycles. The van der Waals surface area contributed by atoms with Gasteiger partial charge in [0.05, 0.1) is 13.1 Å². The van der Waals surface area contributed by atoms with Crippen LogP contribution in [0.5, 0.6) is 0 Å². The summed E-state index contributed by atoms with van der Waals surface area (Å²) < 4.78 is 0. The van der Waals surface area contributed by atoms with Gasteiger partial charge in [0.2, 0.25) is 5.91 Å². The Bertz CT molecular complexity index is 147. The van der Waals surface area contributed by atoms with Crippen molar-refractivity contribution in [2.45, 2.75) is 6.92 Å². The first-order valence-electron chi connectivity index (χ1n) is 3.32. The van der Waals surface area contributed by atoms with Gasteiger partial charge in [-0.05, 0) is 14.0 Å². The molecule has 1 amide bonds. The van der Waals surface area contributed by atoms with Crippen LogP contribution in [0.1, 0.15) is 6.92 Å². The van der Waals surface area contributed by atoms with Gasteiger partial charge in [-0.25, -0.2) is 5.43 Å². The molecule has 0 saturated heterocycles. The largest absolute Gasteiger partial charge is 0.348 e. The molecule has 0 atom stereocenters. The average Bonchev–Trinajstić information content (AvgIpc) is 1.97. The lowest BCUT2D eigenvalue weighted by Gasteiger charge is -2.02. The Balaban J connectivity index is 3.30. The minimum Gasteiger partial charge on any atom is -0.348 e. The molecule has 0 aromatic rings. The first-order valence-corrected chi connectivity index (χ1v) is 3.32. The molecule has 0 aromatic heterocycles. The zero-order valence-electron chi connectivity index (χ0n) is 6.73. The molecule has 0 aliphatic heterocycles. The summed E-state index contributed by atoms with van der Waals surface area (Å²) in [6, 6.07) is 0. The fourth-order valence-corrected chi connectivity index (χ4v) is 0.454. The van der Waals surface area contributed by atoms with E-state index in [-0.39, 0.29) is 24.8 Å². The minimum atomic E-state index is -0.199. The molecule has 0 unspecified atom stereocenters. The highest BCUT2D eigenvalue weighted by Gasteiger charge is 1.99. The summed E-state index contributed by atoms with van der Waals surface area (Å²) in [5.74, 6) is -0.252. The van der Waals surface area contributed by atoms with Crippen LogP contribution < -0.4 is 16.2 Å².